The van der Waals surface area contributed by atoms with Crippen LogP contribution in [0.1, 0.15) is 34.8 Å². The third kappa shape index (κ3) is 3.37. The molecule has 0 radical (unpaired) electrons. The molecular weight excluding hydrogens is 349 g/mol. The lowest BCUT2D eigenvalue weighted by Crippen LogP contribution is -2.31. The van der Waals surface area contributed by atoms with Crippen molar-refractivity contribution in [3.05, 3.63) is 34.5 Å². The lowest BCUT2D eigenvalue weighted by molar-refractivity contribution is -0.142. The summed E-state index contributed by atoms with van der Waals surface area (Å²) in [7, 11) is 1.60. The van der Waals surface area contributed by atoms with Gasteiger partial charge in [-0.05, 0) is 26.2 Å². The lowest BCUT2D eigenvalue weighted by atomic mass is 9.85. The summed E-state index contributed by atoms with van der Waals surface area (Å²) in [6, 6.07) is 1.91. The Labute approximate surface area is 146 Å². The normalized spacial score (nSPS) is 16.7. The summed E-state index contributed by atoms with van der Waals surface area (Å²) >= 11 is 0. The molecule has 0 saturated carbocycles. The zero-order chi connectivity index (χ0) is 19.1. The van der Waals surface area contributed by atoms with Crippen LogP contribution in [0.3, 0.4) is 0 Å². The van der Waals surface area contributed by atoms with Gasteiger partial charge >= 0.3 is 6.18 Å². The molecule has 2 heterocycles. The van der Waals surface area contributed by atoms with Crippen molar-refractivity contribution in [3.63, 3.8) is 0 Å². The highest BCUT2D eigenvalue weighted by molar-refractivity contribution is 5.93. The predicted octanol–water partition coefficient (Wildman–Crippen LogP) is 2.15. The Hall–Kier alpha value is -2.96. The van der Waals surface area contributed by atoms with Gasteiger partial charge in [0.1, 0.15) is 17.5 Å². The predicted molar refractivity (Wildman–Crippen MR) is 83.8 cm³/mol. The van der Waals surface area contributed by atoms with Gasteiger partial charge in [-0.3, -0.25) is 9.48 Å². The second-order valence-corrected chi connectivity index (χ2v) is 6.15. The fourth-order valence-corrected chi connectivity index (χ4v) is 3.07. The summed E-state index contributed by atoms with van der Waals surface area (Å²) in [4.78, 5) is 20.1. The number of hydrogen-bond acceptors (Lipinski definition) is 5. The van der Waals surface area contributed by atoms with E-state index in [2.05, 4.69) is 20.4 Å². The van der Waals surface area contributed by atoms with Gasteiger partial charge in [-0.15, -0.1) is 0 Å². The molecule has 3 rings (SSSR count). The van der Waals surface area contributed by atoms with Gasteiger partial charge in [0, 0.05) is 30.4 Å². The fraction of sp³-hybridized carbons (Fsp3) is 0.438. The first-order valence-electron chi connectivity index (χ1n) is 7.87. The van der Waals surface area contributed by atoms with E-state index in [0.29, 0.717) is 12.1 Å². The largest absolute Gasteiger partial charge is 0.433 e. The molecule has 0 spiro atoms. The quantitative estimate of drug-likeness (QED) is 0.881. The fourth-order valence-electron chi connectivity index (χ4n) is 3.07. The first-order valence-corrected chi connectivity index (χ1v) is 7.87. The molecule has 0 bridgehead atoms. The maximum Gasteiger partial charge on any atom is 0.433 e. The molecule has 0 aliphatic heterocycles. The van der Waals surface area contributed by atoms with Crippen LogP contribution in [0.25, 0.3) is 0 Å². The number of aryl methyl sites for hydroxylation is 3. The van der Waals surface area contributed by atoms with Crippen molar-refractivity contribution in [1.29, 1.82) is 5.26 Å². The minimum Gasteiger partial charge on any atom is -0.308 e. The standard InChI is InChI=1S/C16H15F3N6O/c1-8-21-12-4-3-9(5-11(12)13(22-8)16(17,18)19)15(26)23-14-10(6-20)7-25(2)24-14/h7,9H,3-5H2,1-2H3,(H,23,24,26). The van der Waals surface area contributed by atoms with Gasteiger partial charge in [-0.1, -0.05) is 0 Å². The van der Waals surface area contributed by atoms with Crippen molar-refractivity contribution in [2.45, 2.75) is 32.4 Å². The Morgan fingerprint density at radius 3 is 2.81 bits per heavy atom. The number of hydrogen-bond donors (Lipinski definition) is 1. The topological polar surface area (TPSA) is 96.5 Å². The van der Waals surface area contributed by atoms with Crippen LogP contribution < -0.4 is 5.32 Å². The Bertz CT molecular complexity index is 912. The molecule has 2 aromatic heterocycles. The average Bonchev–Trinajstić information content (AvgIpc) is 2.92. The maximum atomic E-state index is 13.3. The molecule has 1 atom stereocenters. The number of nitrogens with zero attached hydrogens (tertiary/aromatic N) is 5. The van der Waals surface area contributed by atoms with Crippen LogP contribution in [0.2, 0.25) is 0 Å². The average molecular weight is 364 g/mol. The van der Waals surface area contributed by atoms with Crippen LogP contribution in [0, 0.1) is 24.2 Å². The number of nitriles is 1. The van der Waals surface area contributed by atoms with E-state index >= 15 is 0 Å². The second kappa shape index (κ2) is 6.40. The minimum absolute atomic E-state index is 0.0315. The SMILES string of the molecule is Cc1nc2c(c(C(F)(F)F)n1)CC(C(=O)Nc1nn(C)cc1C#N)CC2. The van der Waals surface area contributed by atoms with Crippen molar-refractivity contribution < 1.29 is 18.0 Å². The Morgan fingerprint density at radius 2 is 2.15 bits per heavy atom. The second-order valence-electron chi connectivity index (χ2n) is 6.15. The molecule has 0 fully saturated rings. The monoisotopic (exact) mass is 364 g/mol. The molecular formula is C16H15F3N6O. The molecule has 0 saturated heterocycles. The summed E-state index contributed by atoms with van der Waals surface area (Å²) in [5.74, 6) is -0.990. The smallest absolute Gasteiger partial charge is 0.308 e. The molecule has 7 nitrogen and oxygen atoms in total. The third-order valence-corrected chi connectivity index (χ3v) is 4.21. The Balaban J connectivity index is 1.86. The number of carbonyl (C=O) groups excluding carboxylic acids is 1. The molecule has 0 aromatic carbocycles. The van der Waals surface area contributed by atoms with Crippen molar-refractivity contribution in [1.82, 2.24) is 19.7 Å². The highest BCUT2D eigenvalue weighted by Gasteiger charge is 2.40. The van der Waals surface area contributed by atoms with E-state index in [1.807, 2.05) is 6.07 Å². The van der Waals surface area contributed by atoms with Crippen molar-refractivity contribution >= 4 is 11.7 Å². The van der Waals surface area contributed by atoms with E-state index in [1.165, 1.54) is 17.8 Å². The van der Waals surface area contributed by atoms with E-state index in [0.717, 1.165) is 0 Å². The van der Waals surface area contributed by atoms with Crippen LogP contribution in [0.4, 0.5) is 19.0 Å². The highest BCUT2D eigenvalue weighted by Crippen LogP contribution is 2.36. The number of rotatable bonds is 2. The number of nitrogens with one attached hydrogen (secondary N) is 1. The number of amides is 1. The molecule has 2 aromatic rings. The van der Waals surface area contributed by atoms with Crippen LogP contribution in [0.15, 0.2) is 6.20 Å². The lowest BCUT2D eigenvalue weighted by Gasteiger charge is -2.25. The molecule has 1 unspecified atom stereocenters. The number of aromatic nitrogens is 4. The Morgan fingerprint density at radius 1 is 1.42 bits per heavy atom. The van der Waals surface area contributed by atoms with Crippen molar-refractivity contribution in [3.8, 4) is 6.07 Å². The number of fused-ring (bicyclic) bond motifs is 1. The molecule has 10 heteroatoms. The van der Waals surface area contributed by atoms with Gasteiger partial charge in [0.15, 0.2) is 11.5 Å². The number of carbonyl (C=O) groups is 1. The zero-order valence-corrected chi connectivity index (χ0v) is 14.1. The molecule has 26 heavy (non-hydrogen) atoms. The minimum atomic E-state index is -4.61. The van der Waals surface area contributed by atoms with Gasteiger partial charge in [0.05, 0.1) is 0 Å². The van der Waals surface area contributed by atoms with E-state index < -0.39 is 23.7 Å². The molecule has 1 aliphatic rings. The third-order valence-electron chi connectivity index (χ3n) is 4.21. The van der Waals surface area contributed by atoms with E-state index in [1.54, 1.807) is 7.05 Å². The molecule has 1 aliphatic carbocycles. The Kier molecular flexibility index (Phi) is 4.39. The number of alkyl halides is 3. The molecule has 1 amide bonds. The van der Waals surface area contributed by atoms with Crippen molar-refractivity contribution in [2.75, 3.05) is 5.32 Å². The molecule has 136 valence electrons. The number of halogens is 3. The van der Waals surface area contributed by atoms with Crippen LogP contribution in [-0.2, 0) is 30.9 Å². The van der Waals surface area contributed by atoms with Gasteiger partial charge < -0.3 is 5.32 Å². The maximum absolute atomic E-state index is 13.3. The van der Waals surface area contributed by atoms with Crippen LogP contribution in [-0.4, -0.2) is 25.7 Å². The van der Waals surface area contributed by atoms with E-state index in [4.69, 9.17) is 5.26 Å². The van der Waals surface area contributed by atoms with Gasteiger partial charge in [-0.2, -0.15) is 23.5 Å². The van der Waals surface area contributed by atoms with Crippen LogP contribution in [0.5, 0.6) is 0 Å². The van der Waals surface area contributed by atoms with Crippen LogP contribution >= 0.6 is 0 Å². The van der Waals surface area contributed by atoms with Gasteiger partial charge in [0.2, 0.25) is 5.91 Å². The van der Waals surface area contributed by atoms with Crippen molar-refractivity contribution in [2.24, 2.45) is 13.0 Å². The van der Waals surface area contributed by atoms with E-state index in [9.17, 15) is 18.0 Å². The van der Waals surface area contributed by atoms with E-state index in [-0.39, 0.29) is 35.6 Å². The summed E-state index contributed by atoms with van der Waals surface area (Å²) in [5.41, 5.74) is -0.486. The highest BCUT2D eigenvalue weighted by atomic mass is 19.4. The first-order chi connectivity index (χ1) is 12.2. The summed E-state index contributed by atoms with van der Waals surface area (Å²) < 4.78 is 41.3. The molecule has 1 N–H and O–H groups in total. The van der Waals surface area contributed by atoms with Gasteiger partial charge in [0.25, 0.3) is 0 Å². The first kappa shape index (κ1) is 17.8. The number of anilines is 1. The summed E-state index contributed by atoms with van der Waals surface area (Å²) in [5, 5.41) is 15.6. The summed E-state index contributed by atoms with van der Waals surface area (Å²) in [6.07, 6.45) is -2.64. The van der Waals surface area contributed by atoms with Gasteiger partial charge in [-0.25, -0.2) is 9.97 Å². The zero-order valence-electron chi connectivity index (χ0n) is 14.1. The summed E-state index contributed by atoms with van der Waals surface area (Å²) in [6.45, 7) is 1.42.